The summed E-state index contributed by atoms with van der Waals surface area (Å²) in [6, 6.07) is 7.45. The van der Waals surface area contributed by atoms with E-state index in [9.17, 15) is 0 Å². The van der Waals surface area contributed by atoms with E-state index in [1.54, 1.807) is 6.07 Å². The molecule has 0 radical (unpaired) electrons. The second kappa shape index (κ2) is 4.79. The lowest BCUT2D eigenvalue weighted by Gasteiger charge is -2.04. The second-order valence-electron chi connectivity index (χ2n) is 2.74. The van der Waals surface area contributed by atoms with Crippen LogP contribution in [-0.2, 0) is 6.61 Å². The van der Waals surface area contributed by atoms with Crippen molar-refractivity contribution in [3.05, 3.63) is 40.0 Å². The third-order valence-corrected chi connectivity index (χ3v) is 2.97. The van der Waals surface area contributed by atoms with E-state index in [1.165, 1.54) is 0 Å². The molecule has 0 aliphatic heterocycles. The van der Waals surface area contributed by atoms with Crippen molar-refractivity contribution >= 4 is 34.9 Å². The van der Waals surface area contributed by atoms with Crippen LogP contribution in [-0.4, -0.2) is 8.75 Å². The van der Waals surface area contributed by atoms with Gasteiger partial charge < -0.3 is 4.74 Å². The summed E-state index contributed by atoms with van der Waals surface area (Å²) in [6.07, 6.45) is 0. The molecule has 15 heavy (non-hydrogen) atoms. The number of hydrogen-bond acceptors (Lipinski definition) is 4. The number of halogens is 2. The summed E-state index contributed by atoms with van der Waals surface area (Å²) in [5, 5.41) is 0.948. The number of benzene rings is 1. The topological polar surface area (TPSA) is 35.0 Å². The summed E-state index contributed by atoms with van der Waals surface area (Å²) in [5.74, 6) is 0.349. The summed E-state index contributed by atoms with van der Waals surface area (Å²) in [4.78, 5) is 0. The molecule has 0 bridgehead atoms. The fourth-order valence-electron chi connectivity index (χ4n) is 1.02. The Morgan fingerprint density at radius 1 is 1.20 bits per heavy atom. The molecule has 1 heterocycles. The van der Waals surface area contributed by atoms with Crippen LogP contribution in [0.3, 0.4) is 0 Å². The van der Waals surface area contributed by atoms with E-state index in [-0.39, 0.29) is 5.15 Å². The summed E-state index contributed by atoms with van der Waals surface area (Å²) in [6.45, 7) is 0.338. The Bertz CT molecular complexity index is 461. The van der Waals surface area contributed by atoms with Gasteiger partial charge in [-0.25, -0.2) is 0 Å². The molecule has 0 aliphatic rings. The van der Waals surface area contributed by atoms with E-state index >= 15 is 0 Å². The molecule has 0 N–H and O–H groups in total. The maximum absolute atomic E-state index is 5.96. The third kappa shape index (κ3) is 2.59. The van der Waals surface area contributed by atoms with Gasteiger partial charge in [-0.1, -0.05) is 41.4 Å². The van der Waals surface area contributed by atoms with Gasteiger partial charge in [0.1, 0.15) is 6.61 Å². The molecule has 0 fully saturated rings. The highest BCUT2D eigenvalue weighted by atomic mass is 35.5. The zero-order chi connectivity index (χ0) is 10.7. The van der Waals surface area contributed by atoms with Crippen molar-refractivity contribution in [3.8, 4) is 5.88 Å². The number of rotatable bonds is 3. The molecule has 1 aromatic carbocycles. The highest BCUT2D eigenvalue weighted by Crippen LogP contribution is 2.23. The van der Waals surface area contributed by atoms with E-state index in [0.717, 1.165) is 17.3 Å². The molecule has 1 aromatic heterocycles. The van der Waals surface area contributed by atoms with E-state index in [1.807, 2.05) is 18.2 Å². The highest BCUT2D eigenvalue weighted by Gasteiger charge is 2.07. The quantitative estimate of drug-likeness (QED) is 0.849. The first-order valence-corrected chi connectivity index (χ1v) is 5.60. The van der Waals surface area contributed by atoms with Crippen LogP contribution in [0.25, 0.3) is 0 Å². The fraction of sp³-hybridized carbons (Fsp3) is 0.111. The molecule has 0 saturated heterocycles. The number of ether oxygens (including phenoxy) is 1. The van der Waals surface area contributed by atoms with Gasteiger partial charge in [-0.2, -0.15) is 4.37 Å². The molecule has 2 rings (SSSR count). The smallest absolute Gasteiger partial charge is 0.265 e. The van der Waals surface area contributed by atoms with E-state index in [0.29, 0.717) is 17.5 Å². The molecule has 0 spiro atoms. The summed E-state index contributed by atoms with van der Waals surface area (Å²) < 4.78 is 13.0. The molecule has 0 unspecified atom stereocenters. The average molecular weight is 261 g/mol. The molecule has 2 aromatic rings. The molecule has 3 nitrogen and oxygen atoms in total. The zero-order valence-electron chi connectivity index (χ0n) is 7.48. The molecule has 0 saturated carbocycles. The normalized spacial score (nSPS) is 10.3. The van der Waals surface area contributed by atoms with Gasteiger partial charge in [-0.05, 0) is 6.07 Å². The summed E-state index contributed by atoms with van der Waals surface area (Å²) >= 11 is 12.7. The van der Waals surface area contributed by atoms with E-state index in [2.05, 4.69) is 8.75 Å². The standard InChI is InChI=1S/C9H6Cl2N2OS/c10-7-4-2-1-3-6(7)5-14-9-8(11)12-15-13-9/h1-4H,5H2. The van der Waals surface area contributed by atoms with E-state index in [4.69, 9.17) is 27.9 Å². The molecule has 6 heteroatoms. The minimum atomic E-state index is 0.284. The van der Waals surface area contributed by atoms with Gasteiger partial charge in [0.05, 0.1) is 11.7 Å². The Morgan fingerprint density at radius 3 is 2.67 bits per heavy atom. The SMILES string of the molecule is Clc1ccccc1COc1nsnc1Cl. The minimum absolute atomic E-state index is 0.284. The first-order chi connectivity index (χ1) is 7.27. The van der Waals surface area contributed by atoms with Crippen LogP contribution >= 0.6 is 34.9 Å². The Labute approximate surface area is 101 Å². The number of nitrogens with zero attached hydrogens (tertiary/aromatic N) is 2. The Morgan fingerprint density at radius 2 is 2.00 bits per heavy atom. The molecule has 78 valence electrons. The van der Waals surface area contributed by atoms with E-state index < -0.39 is 0 Å². The lowest BCUT2D eigenvalue weighted by Crippen LogP contribution is -1.96. The van der Waals surface area contributed by atoms with Crippen LogP contribution in [0.1, 0.15) is 5.56 Å². The predicted octanol–water partition coefficient (Wildman–Crippen LogP) is 3.42. The van der Waals surface area contributed by atoms with Crippen LogP contribution < -0.4 is 4.74 Å². The van der Waals surface area contributed by atoms with Gasteiger partial charge >= 0.3 is 0 Å². The molecule has 0 amide bonds. The van der Waals surface area contributed by atoms with Crippen molar-refractivity contribution in [3.63, 3.8) is 0 Å². The van der Waals surface area contributed by atoms with Gasteiger partial charge in [-0.3, -0.25) is 0 Å². The predicted molar refractivity (Wildman–Crippen MR) is 60.7 cm³/mol. The average Bonchev–Trinajstić information content (AvgIpc) is 2.63. The van der Waals surface area contributed by atoms with Gasteiger partial charge in [0.25, 0.3) is 5.88 Å². The van der Waals surface area contributed by atoms with Crippen LogP contribution in [0.4, 0.5) is 0 Å². The van der Waals surface area contributed by atoms with Crippen molar-refractivity contribution in [2.24, 2.45) is 0 Å². The molecule has 0 atom stereocenters. The lowest BCUT2D eigenvalue weighted by atomic mass is 10.2. The Hall–Kier alpha value is -0.840. The van der Waals surface area contributed by atoms with Crippen molar-refractivity contribution in [2.75, 3.05) is 0 Å². The van der Waals surface area contributed by atoms with Crippen LogP contribution in [0.5, 0.6) is 5.88 Å². The van der Waals surface area contributed by atoms with Gasteiger partial charge in [0.2, 0.25) is 5.15 Å². The van der Waals surface area contributed by atoms with Crippen LogP contribution in [0.15, 0.2) is 24.3 Å². The van der Waals surface area contributed by atoms with Gasteiger partial charge in [0.15, 0.2) is 0 Å². The fourth-order valence-corrected chi connectivity index (χ4v) is 1.85. The minimum Gasteiger partial charge on any atom is -0.470 e. The number of aromatic nitrogens is 2. The van der Waals surface area contributed by atoms with Crippen LogP contribution in [0.2, 0.25) is 10.2 Å². The highest BCUT2D eigenvalue weighted by molar-refractivity contribution is 6.99. The second-order valence-corrected chi connectivity index (χ2v) is 4.03. The Kier molecular flexibility index (Phi) is 3.41. The van der Waals surface area contributed by atoms with Crippen LogP contribution in [0, 0.1) is 0 Å². The monoisotopic (exact) mass is 260 g/mol. The van der Waals surface area contributed by atoms with Crippen molar-refractivity contribution in [2.45, 2.75) is 6.61 Å². The largest absolute Gasteiger partial charge is 0.470 e. The first-order valence-electron chi connectivity index (χ1n) is 4.11. The first kappa shape index (κ1) is 10.7. The van der Waals surface area contributed by atoms with Crippen molar-refractivity contribution in [1.29, 1.82) is 0 Å². The lowest BCUT2D eigenvalue weighted by molar-refractivity contribution is 0.297. The third-order valence-electron chi connectivity index (χ3n) is 1.74. The number of hydrogen-bond donors (Lipinski definition) is 0. The van der Waals surface area contributed by atoms with Crippen molar-refractivity contribution < 1.29 is 4.74 Å². The molecule has 0 aliphatic carbocycles. The van der Waals surface area contributed by atoms with Gasteiger partial charge in [-0.15, -0.1) is 4.37 Å². The zero-order valence-corrected chi connectivity index (χ0v) is 9.81. The molecular formula is C9H6Cl2N2OS. The summed E-state index contributed by atoms with van der Waals surface area (Å²) in [5.41, 5.74) is 0.892. The van der Waals surface area contributed by atoms with Crippen molar-refractivity contribution in [1.82, 2.24) is 8.75 Å². The maximum Gasteiger partial charge on any atom is 0.265 e. The maximum atomic E-state index is 5.96. The summed E-state index contributed by atoms with van der Waals surface area (Å²) in [7, 11) is 0. The molecular weight excluding hydrogens is 255 g/mol. The van der Waals surface area contributed by atoms with Gasteiger partial charge in [0, 0.05) is 10.6 Å². The Balaban J connectivity index is 2.06.